The molecule has 0 fully saturated rings. The van der Waals surface area contributed by atoms with E-state index in [1.54, 1.807) is 0 Å². The van der Waals surface area contributed by atoms with Crippen LogP contribution < -0.4 is 0 Å². The van der Waals surface area contributed by atoms with E-state index in [9.17, 15) is 0 Å². The molecule has 0 N–H and O–H groups in total. The van der Waals surface area contributed by atoms with Crippen LogP contribution in [0.5, 0.6) is 0 Å². The molecule has 0 bridgehead atoms. The minimum absolute atomic E-state index is 0. The van der Waals surface area contributed by atoms with Crippen molar-refractivity contribution in [2.45, 2.75) is 0 Å². The number of nitrogens with zero attached hydrogens (tertiary/aromatic N) is 12. The molecule has 0 aliphatic carbocycles. The smallest absolute Gasteiger partial charge is 0.512 e. The second kappa shape index (κ2) is 146000. The third-order valence-electron chi connectivity index (χ3n) is 0. The van der Waals surface area contributed by atoms with E-state index in [1.807, 2.05) is 0 Å². The molecular weight excluding hydrogens is 836 g/mol. The molecule has 0 aromatic carbocycles. The van der Waals surface area contributed by atoms with Crippen LogP contribution in [-0.2, 0) is 34.1 Å². The van der Waals surface area contributed by atoms with Gasteiger partial charge in [0.25, 0.3) is 0 Å². The van der Waals surface area contributed by atoms with Crippen molar-refractivity contribution in [3.8, 4) is 0 Å². The Morgan fingerprint density at radius 1 is 0.172 bits per heavy atom. The summed E-state index contributed by atoms with van der Waals surface area (Å²) in [6.07, 6.45) is 0. The summed E-state index contributed by atoms with van der Waals surface area (Å²) < 4.78 is 0. The number of rotatable bonds is 0. The zero-order valence-electron chi connectivity index (χ0n) is 14.2. The normalized spacial score (nSPS) is 0.828. The van der Waals surface area contributed by atoms with Gasteiger partial charge in [-0.25, -0.2) is 0 Å². The van der Waals surface area contributed by atoms with Crippen molar-refractivity contribution >= 4 is 147 Å². The third-order valence-corrected chi connectivity index (χ3v) is 0. The molecule has 2 radical (unpaired) electrons. The summed E-state index contributed by atoms with van der Waals surface area (Å²) in [5, 5.41) is 75.0. The molecule has 0 aromatic rings. The van der Waals surface area contributed by atoms with Crippen LogP contribution in [0, 0.1) is 142 Å². The molecule has 0 saturated heterocycles. The van der Waals surface area contributed by atoms with Crippen LogP contribution >= 0.6 is 0 Å². The van der Waals surface area contributed by atoms with Gasteiger partial charge >= 0.3 is 181 Å². The van der Waals surface area contributed by atoms with Gasteiger partial charge in [-0.3, -0.25) is 0 Å². The molecule has 0 saturated carbocycles. The van der Waals surface area contributed by atoms with Crippen LogP contribution in [0.3, 0.4) is 0 Å². The molecule has 0 aromatic heterocycles. The Labute approximate surface area is 315 Å². The second-order valence-electron chi connectivity index (χ2n) is 0. The molecule has 0 heterocycles. The van der Waals surface area contributed by atoms with Crippen LogP contribution in [0.25, 0.3) is 0 Å². The molecule has 17 heteroatoms. The van der Waals surface area contributed by atoms with E-state index in [0.29, 0.717) is 0 Å². The maximum absolute atomic E-state index is 6.25. The van der Waals surface area contributed by atoms with Crippen molar-refractivity contribution in [2.24, 2.45) is 0 Å². The van der Waals surface area contributed by atoms with Gasteiger partial charge in [0.15, 0.2) is 0 Å². The van der Waals surface area contributed by atoms with Gasteiger partial charge in [-0.15, -0.1) is 0 Å². The summed E-state index contributed by atoms with van der Waals surface area (Å²) in [5.74, 6) is 0. The molecule has 29 heavy (non-hydrogen) atoms. The standard InChI is InChI=1S/12CN.3Ba.2Fe/c12*1-2;;;;;/q12*-1;3*+2;2*+3. The largest absolute Gasteiger partial charge is 3.00 e. The predicted octanol–water partition coefficient (Wildman–Crippen LogP) is 0.00904. The van der Waals surface area contributed by atoms with E-state index >= 15 is 0 Å². The summed E-state index contributed by atoms with van der Waals surface area (Å²) >= 11 is 0. The maximum Gasteiger partial charge on any atom is 3.00 e. The fourth-order valence-corrected chi connectivity index (χ4v) is 0. The summed E-state index contributed by atoms with van der Waals surface area (Å²) in [7, 11) is 0. The van der Waals surface area contributed by atoms with Crippen molar-refractivity contribution in [3.05, 3.63) is 78.9 Å². The molecular formula is C12Ba3Fe2N12. The van der Waals surface area contributed by atoms with Crippen LogP contribution in [0.2, 0.25) is 0 Å². The molecule has 0 aliphatic rings. The average Bonchev–Trinajstić information content (AvgIpc) is 2.84. The fourth-order valence-electron chi connectivity index (χ4n) is 0. The van der Waals surface area contributed by atoms with Gasteiger partial charge in [-0.1, -0.05) is 0 Å². The Bertz CT molecular complexity index is 234. The monoisotopic (exact) mass is 838 g/mol. The molecule has 0 aliphatic heterocycles. The van der Waals surface area contributed by atoms with Crippen LogP contribution in [-0.4, -0.2) is 147 Å². The van der Waals surface area contributed by atoms with E-state index < -0.39 is 0 Å². The Kier molecular flexibility index (Phi) is 812000. The first-order valence-corrected chi connectivity index (χ1v) is 2.68. The topological polar surface area (TPSA) is 285 Å². The first-order valence-electron chi connectivity index (χ1n) is 2.68. The first-order chi connectivity index (χ1) is 12.0. The minimum atomic E-state index is 0. The minimum Gasteiger partial charge on any atom is -0.512 e. The number of hydrogen-bond acceptors (Lipinski definition) is 12. The van der Waals surface area contributed by atoms with E-state index in [1.165, 1.54) is 0 Å². The van der Waals surface area contributed by atoms with E-state index in [4.69, 9.17) is 142 Å². The van der Waals surface area contributed by atoms with Gasteiger partial charge in [0, 0.05) is 0 Å². The van der Waals surface area contributed by atoms with Gasteiger partial charge in [-0.2, -0.15) is 0 Å². The Morgan fingerprint density at radius 3 is 0.172 bits per heavy atom. The van der Waals surface area contributed by atoms with Gasteiger partial charge in [0.1, 0.15) is 0 Å². The molecule has 130 valence electrons. The molecule has 12 nitrogen and oxygen atoms in total. The average molecular weight is 836 g/mol. The molecule has 0 rings (SSSR count). The maximum atomic E-state index is 6.25. The quantitative estimate of drug-likeness (QED) is 0.230. The summed E-state index contributed by atoms with van der Waals surface area (Å²) in [6, 6.07) is 0. The molecule has 0 amide bonds. The first kappa shape index (κ1) is 162. The van der Waals surface area contributed by atoms with Crippen molar-refractivity contribution in [3.63, 3.8) is 0 Å². The predicted molar refractivity (Wildman–Crippen MR) is 76.9 cm³/mol. The fraction of sp³-hybridized carbons (Fsp3) is 0. The zero-order valence-corrected chi connectivity index (χ0v) is 29.7. The SMILES string of the molecule is [Ba+2].[Ba+2].[Ba+2].[C-]#N.[C-]#N.[C-]#N.[C-]#N.[C-]#N.[C-]#N.[C-]#N.[C-]#N.[C-]#N.[C-]#N.[C-]#N.[C-]#N.[Fe+3].[Fe+3]. The van der Waals surface area contributed by atoms with E-state index in [2.05, 4.69) is 0 Å². The van der Waals surface area contributed by atoms with Gasteiger partial charge in [0.2, 0.25) is 0 Å². The van der Waals surface area contributed by atoms with Crippen LogP contribution in [0.15, 0.2) is 0 Å². The van der Waals surface area contributed by atoms with Gasteiger partial charge in [0.05, 0.1) is 0 Å². The van der Waals surface area contributed by atoms with Crippen molar-refractivity contribution < 1.29 is 34.1 Å². The number of hydrogen-bond donors (Lipinski definition) is 0. The van der Waals surface area contributed by atoms with Crippen LogP contribution in [0.4, 0.5) is 0 Å². The van der Waals surface area contributed by atoms with Gasteiger partial charge < -0.3 is 142 Å². The summed E-state index contributed by atoms with van der Waals surface area (Å²) in [6.45, 7) is 57.0. The Hall–Kier alpha value is -0.367. The zero-order chi connectivity index (χ0) is 24.0. The van der Waals surface area contributed by atoms with Gasteiger partial charge in [-0.05, 0) is 0 Å². The summed E-state index contributed by atoms with van der Waals surface area (Å²) in [5.41, 5.74) is 0. The summed E-state index contributed by atoms with van der Waals surface area (Å²) in [4.78, 5) is 0. The van der Waals surface area contributed by atoms with E-state index in [-0.39, 0.29) is 181 Å². The van der Waals surface area contributed by atoms with Crippen molar-refractivity contribution in [1.82, 2.24) is 0 Å². The van der Waals surface area contributed by atoms with Crippen molar-refractivity contribution in [2.75, 3.05) is 0 Å². The Balaban J connectivity index is -0.00000000356. The Morgan fingerprint density at radius 2 is 0.172 bits per heavy atom. The van der Waals surface area contributed by atoms with Crippen LogP contribution in [0.1, 0.15) is 0 Å². The van der Waals surface area contributed by atoms with E-state index in [0.717, 1.165) is 0 Å². The van der Waals surface area contributed by atoms with Crippen molar-refractivity contribution in [1.29, 1.82) is 63.1 Å². The molecule has 0 spiro atoms. The molecule has 0 atom stereocenters. The molecule has 0 unspecified atom stereocenters. The second-order valence-corrected chi connectivity index (χ2v) is 0. The third kappa shape index (κ3) is 135000.